The van der Waals surface area contributed by atoms with Crippen molar-refractivity contribution in [2.24, 2.45) is 0 Å². The summed E-state index contributed by atoms with van der Waals surface area (Å²) in [7, 11) is 0. The maximum Gasteiger partial charge on any atom is 0.317 e. The molecule has 0 spiro atoms. The molecule has 0 unspecified atom stereocenters. The van der Waals surface area contributed by atoms with Crippen molar-refractivity contribution >= 4 is 44.3 Å². The third kappa shape index (κ3) is 4.34. The summed E-state index contributed by atoms with van der Waals surface area (Å²) in [5.41, 5.74) is 2.21. The van der Waals surface area contributed by atoms with Crippen molar-refractivity contribution in [3.63, 3.8) is 0 Å². The Balaban J connectivity index is 1.28. The first-order valence-electron chi connectivity index (χ1n) is 9.07. The van der Waals surface area contributed by atoms with Gasteiger partial charge in [-0.15, -0.1) is 0 Å². The van der Waals surface area contributed by atoms with E-state index < -0.39 is 0 Å². The number of hydrogen-bond acceptors (Lipinski definition) is 4. The maximum atomic E-state index is 12.4. The SMILES string of the molecule is O=C(NCCc1ccccc1)N1CCN(c2nc3ccc(Cl)cc3s2)CC1. The van der Waals surface area contributed by atoms with Crippen molar-refractivity contribution in [2.75, 3.05) is 37.6 Å². The lowest BCUT2D eigenvalue weighted by Crippen LogP contribution is -2.52. The molecule has 1 aromatic heterocycles. The molecule has 4 rings (SSSR count). The molecular formula is C20H21ClN4OS. The molecule has 1 saturated heterocycles. The highest BCUT2D eigenvalue weighted by atomic mass is 35.5. The Bertz CT molecular complexity index is 922. The fraction of sp³-hybridized carbons (Fsp3) is 0.300. The van der Waals surface area contributed by atoms with E-state index in [-0.39, 0.29) is 6.03 Å². The largest absolute Gasteiger partial charge is 0.345 e. The third-order valence-electron chi connectivity index (χ3n) is 4.71. The van der Waals surface area contributed by atoms with Crippen LogP contribution in [0.1, 0.15) is 5.56 Å². The van der Waals surface area contributed by atoms with E-state index >= 15 is 0 Å². The number of nitrogens with zero attached hydrogens (tertiary/aromatic N) is 3. The zero-order valence-electron chi connectivity index (χ0n) is 14.9. The summed E-state index contributed by atoms with van der Waals surface area (Å²) in [5.74, 6) is 0. The van der Waals surface area contributed by atoms with Crippen molar-refractivity contribution in [3.05, 3.63) is 59.1 Å². The fourth-order valence-electron chi connectivity index (χ4n) is 3.19. The first kappa shape index (κ1) is 18.1. The van der Waals surface area contributed by atoms with Crippen LogP contribution in [0.2, 0.25) is 5.02 Å². The highest BCUT2D eigenvalue weighted by Gasteiger charge is 2.22. The molecule has 2 heterocycles. The molecule has 0 radical (unpaired) electrons. The molecule has 1 aliphatic rings. The summed E-state index contributed by atoms with van der Waals surface area (Å²) in [6, 6.07) is 16.0. The molecule has 0 atom stereocenters. The number of aromatic nitrogens is 1. The van der Waals surface area contributed by atoms with Gasteiger partial charge in [-0.3, -0.25) is 0 Å². The van der Waals surface area contributed by atoms with Crippen LogP contribution in [0.5, 0.6) is 0 Å². The highest BCUT2D eigenvalue weighted by molar-refractivity contribution is 7.22. The molecule has 1 fully saturated rings. The van der Waals surface area contributed by atoms with Gasteiger partial charge in [0.1, 0.15) is 0 Å². The minimum absolute atomic E-state index is 0.0154. The van der Waals surface area contributed by atoms with Gasteiger partial charge in [0.05, 0.1) is 10.2 Å². The van der Waals surface area contributed by atoms with Crippen molar-refractivity contribution in [3.8, 4) is 0 Å². The number of carbonyl (C=O) groups is 1. The molecule has 2 aromatic carbocycles. The number of hydrogen-bond donors (Lipinski definition) is 1. The van der Waals surface area contributed by atoms with Gasteiger partial charge >= 0.3 is 6.03 Å². The molecule has 0 saturated carbocycles. The van der Waals surface area contributed by atoms with Crippen LogP contribution < -0.4 is 10.2 Å². The average molecular weight is 401 g/mol. The van der Waals surface area contributed by atoms with Crippen LogP contribution in [-0.4, -0.2) is 48.6 Å². The second-order valence-corrected chi connectivity index (χ2v) is 8.00. The lowest BCUT2D eigenvalue weighted by molar-refractivity contribution is 0.194. The Morgan fingerprint density at radius 2 is 1.89 bits per heavy atom. The first-order chi connectivity index (χ1) is 13.2. The topological polar surface area (TPSA) is 48.5 Å². The fourth-order valence-corrected chi connectivity index (χ4v) is 4.49. The van der Waals surface area contributed by atoms with Crippen molar-refractivity contribution in [2.45, 2.75) is 6.42 Å². The summed E-state index contributed by atoms with van der Waals surface area (Å²) in [4.78, 5) is 21.2. The first-order valence-corrected chi connectivity index (χ1v) is 10.3. The Kier molecular flexibility index (Phi) is 5.45. The molecular weight excluding hydrogens is 380 g/mol. The highest BCUT2D eigenvalue weighted by Crippen LogP contribution is 2.31. The Morgan fingerprint density at radius 3 is 2.67 bits per heavy atom. The van der Waals surface area contributed by atoms with Crippen LogP contribution in [-0.2, 0) is 6.42 Å². The molecule has 0 bridgehead atoms. The van der Waals surface area contributed by atoms with Gasteiger partial charge in [-0.2, -0.15) is 0 Å². The Labute approximate surface area is 167 Å². The zero-order valence-corrected chi connectivity index (χ0v) is 16.5. The number of fused-ring (bicyclic) bond motifs is 1. The van der Waals surface area contributed by atoms with Crippen molar-refractivity contribution in [1.29, 1.82) is 0 Å². The van der Waals surface area contributed by atoms with E-state index in [0.717, 1.165) is 39.9 Å². The normalized spacial score (nSPS) is 14.6. The van der Waals surface area contributed by atoms with Gasteiger partial charge in [-0.25, -0.2) is 9.78 Å². The molecule has 7 heteroatoms. The van der Waals surface area contributed by atoms with Gasteiger partial charge in [-0.1, -0.05) is 53.3 Å². The molecule has 0 aliphatic carbocycles. The van der Waals surface area contributed by atoms with Crippen LogP contribution >= 0.6 is 22.9 Å². The maximum absolute atomic E-state index is 12.4. The number of carbonyl (C=O) groups excluding carboxylic acids is 1. The van der Waals surface area contributed by atoms with E-state index in [2.05, 4.69) is 22.3 Å². The van der Waals surface area contributed by atoms with Crippen LogP contribution in [0, 0.1) is 0 Å². The van der Waals surface area contributed by atoms with Gasteiger partial charge < -0.3 is 15.1 Å². The third-order valence-corrected chi connectivity index (χ3v) is 6.02. The van der Waals surface area contributed by atoms with Crippen molar-refractivity contribution in [1.82, 2.24) is 15.2 Å². The van der Waals surface area contributed by atoms with E-state index in [4.69, 9.17) is 16.6 Å². The van der Waals surface area contributed by atoms with Gasteiger partial charge in [0.15, 0.2) is 5.13 Å². The summed E-state index contributed by atoms with van der Waals surface area (Å²) in [6.07, 6.45) is 0.848. The molecule has 3 aromatic rings. The molecule has 5 nitrogen and oxygen atoms in total. The van der Waals surface area contributed by atoms with Gasteiger partial charge in [0.2, 0.25) is 0 Å². The zero-order chi connectivity index (χ0) is 18.6. The van der Waals surface area contributed by atoms with Gasteiger partial charge in [-0.05, 0) is 30.2 Å². The standard InChI is InChI=1S/C20H21ClN4OS/c21-16-6-7-17-18(14-16)27-20(23-17)25-12-10-24(11-13-25)19(26)22-9-8-15-4-2-1-3-5-15/h1-7,14H,8-13H2,(H,22,26). The van der Waals surface area contributed by atoms with E-state index in [1.165, 1.54) is 5.56 Å². The number of piperazine rings is 1. The smallest absolute Gasteiger partial charge is 0.317 e. The minimum Gasteiger partial charge on any atom is -0.345 e. The average Bonchev–Trinajstić information content (AvgIpc) is 3.12. The van der Waals surface area contributed by atoms with E-state index in [1.807, 2.05) is 41.3 Å². The molecule has 27 heavy (non-hydrogen) atoms. The van der Waals surface area contributed by atoms with Gasteiger partial charge in [0.25, 0.3) is 0 Å². The Morgan fingerprint density at radius 1 is 1.11 bits per heavy atom. The molecule has 140 valence electrons. The number of rotatable bonds is 4. The lowest BCUT2D eigenvalue weighted by Gasteiger charge is -2.34. The number of amides is 2. The number of anilines is 1. The molecule has 1 N–H and O–H groups in total. The van der Waals surface area contributed by atoms with E-state index in [0.29, 0.717) is 19.6 Å². The number of benzene rings is 2. The van der Waals surface area contributed by atoms with Gasteiger partial charge in [0, 0.05) is 37.7 Å². The van der Waals surface area contributed by atoms with Crippen LogP contribution in [0.4, 0.5) is 9.93 Å². The monoisotopic (exact) mass is 400 g/mol. The van der Waals surface area contributed by atoms with Crippen LogP contribution in [0.3, 0.4) is 0 Å². The molecule has 2 amide bonds. The molecule has 1 aliphatic heterocycles. The summed E-state index contributed by atoms with van der Waals surface area (Å²) in [5, 5.41) is 4.75. The van der Waals surface area contributed by atoms with E-state index in [1.54, 1.807) is 11.3 Å². The Hall–Kier alpha value is -2.31. The van der Waals surface area contributed by atoms with Crippen molar-refractivity contribution < 1.29 is 4.79 Å². The summed E-state index contributed by atoms with van der Waals surface area (Å²) in [6.45, 7) is 3.64. The number of urea groups is 1. The number of thiazole rings is 1. The number of nitrogens with one attached hydrogen (secondary N) is 1. The van der Waals surface area contributed by atoms with E-state index in [9.17, 15) is 4.79 Å². The summed E-state index contributed by atoms with van der Waals surface area (Å²) < 4.78 is 1.10. The van der Waals surface area contributed by atoms with Crippen LogP contribution in [0.15, 0.2) is 48.5 Å². The predicted molar refractivity (Wildman–Crippen MR) is 112 cm³/mol. The minimum atomic E-state index is 0.0154. The number of halogens is 1. The second kappa shape index (κ2) is 8.15. The predicted octanol–water partition coefficient (Wildman–Crippen LogP) is 4.02. The second-order valence-electron chi connectivity index (χ2n) is 6.55. The quantitative estimate of drug-likeness (QED) is 0.719. The lowest BCUT2D eigenvalue weighted by atomic mass is 10.1. The summed E-state index contributed by atoms with van der Waals surface area (Å²) >= 11 is 7.71. The van der Waals surface area contributed by atoms with Crippen LogP contribution in [0.25, 0.3) is 10.2 Å².